The molecule has 0 atom stereocenters. The summed E-state index contributed by atoms with van der Waals surface area (Å²) in [5.41, 5.74) is 1.92. The molecule has 0 aliphatic rings. The van der Waals surface area contributed by atoms with Gasteiger partial charge >= 0.3 is 0 Å². The predicted octanol–water partition coefficient (Wildman–Crippen LogP) is 4.07. The van der Waals surface area contributed by atoms with E-state index in [1.54, 1.807) is 24.4 Å². The highest BCUT2D eigenvalue weighted by Gasteiger charge is 2.15. The fourth-order valence-corrected chi connectivity index (χ4v) is 3.28. The lowest BCUT2D eigenvalue weighted by molar-refractivity contribution is 0.102. The summed E-state index contributed by atoms with van der Waals surface area (Å²) in [7, 11) is 0. The first kappa shape index (κ1) is 15.6. The van der Waals surface area contributed by atoms with Gasteiger partial charge < -0.3 is 4.98 Å². The Morgan fingerprint density at radius 3 is 2.80 bits per heavy atom. The molecule has 0 unspecified atom stereocenters. The van der Waals surface area contributed by atoms with E-state index in [-0.39, 0.29) is 17.4 Å². The van der Waals surface area contributed by atoms with Gasteiger partial charge in [0.25, 0.3) is 0 Å². The van der Waals surface area contributed by atoms with Gasteiger partial charge in [0, 0.05) is 22.7 Å². The number of benzene rings is 2. The van der Waals surface area contributed by atoms with Crippen LogP contribution >= 0.6 is 11.8 Å². The van der Waals surface area contributed by atoms with Crippen LogP contribution in [-0.2, 0) is 0 Å². The minimum Gasteiger partial charge on any atom is -0.360 e. The third-order valence-corrected chi connectivity index (χ3v) is 4.66. The van der Waals surface area contributed by atoms with E-state index in [2.05, 4.69) is 20.2 Å². The first-order valence-corrected chi connectivity index (χ1v) is 8.60. The maximum atomic E-state index is 13.8. The summed E-state index contributed by atoms with van der Waals surface area (Å²) in [4.78, 5) is 19.8. The molecule has 4 aromatic rings. The zero-order chi connectivity index (χ0) is 17.2. The number of rotatable bonds is 5. The zero-order valence-corrected chi connectivity index (χ0v) is 13.8. The summed E-state index contributed by atoms with van der Waals surface area (Å²) in [5, 5.41) is 8.07. The van der Waals surface area contributed by atoms with E-state index in [4.69, 9.17) is 0 Å². The van der Waals surface area contributed by atoms with Crippen LogP contribution < -0.4 is 0 Å². The Balaban J connectivity index is 1.49. The molecule has 5 nitrogen and oxygen atoms in total. The second kappa shape index (κ2) is 6.52. The average molecular weight is 352 g/mol. The maximum absolute atomic E-state index is 13.8. The van der Waals surface area contributed by atoms with Crippen molar-refractivity contribution in [2.75, 3.05) is 5.75 Å². The average Bonchev–Trinajstić information content (AvgIpc) is 3.27. The Morgan fingerprint density at radius 2 is 1.92 bits per heavy atom. The fraction of sp³-hybridized carbons (Fsp3) is 0.0556. The predicted molar refractivity (Wildman–Crippen MR) is 95.1 cm³/mol. The van der Waals surface area contributed by atoms with Gasteiger partial charge in [-0.15, -0.1) is 5.10 Å². The highest BCUT2D eigenvalue weighted by molar-refractivity contribution is 7.99. The van der Waals surface area contributed by atoms with Crippen LogP contribution in [0.15, 0.2) is 59.9 Å². The normalized spacial score (nSPS) is 11.1. The number of thioether (sulfide) groups is 1. The van der Waals surface area contributed by atoms with Crippen molar-refractivity contribution in [2.45, 2.75) is 5.16 Å². The molecule has 0 radical (unpaired) electrons. The van der Waals surface area contributed by atoms with Gasteiger partial charge in [-0.25, -0.2) is 9.37 Å². The summed E-state index contributed by atoms with van der Waals surface area (Å²) < 4.78 is 13.8. The van der Waals surface area contributed by atoms with Crippen LogP contribution in [0.4, 0.5) is 4.39 Å². The Bertz CT molecular complexity index is 1060. The number of aromatic amines is 2. The number of halogens is 1. The van der Waals surface area contributed by atoms with Crippen LogP contribution in [-0.4, -0.2) is 31.7 Å². The quantitative estimate of drug-likeness (QED) is 0.419. The monoisotopic (exact) mass is 352 g/mol. The topological polar surface area (TPSA) is 74.4 Å². The summed E-state index contributed by atoms with van der Waals surface area (Å²) >= 11 is 1.22. The van der Waals surface area contributed by atoms with Crippen molar-refractivity contribution >= 4 is 28.4 Å². The SMILES string of the molecule is O=C(CSc1n[nH]c(-c2ccccc2F)n1)c1c[nH]c2ccccc12. The molecule has 25 heavy (non-hydrogen) atoms. The molecular weight excluding hydrogens is 339 g/mol. The molecule has 124 valence electrons. The van der Waals surface area contributed by atoms with E-state index in [0.29, 0.717) is 22.1 Å². The van der Waals surface area contributed by atoms with Gasteiger partial charge in [0.15, 0.2) is 11.6 Å². The van der Waals surface area contributed by atoms with E-state index in [9.17, 15) is 9.18 Å². The second-order valence-corrected chi connectivity index (χ2v) is 6.35. The molecule has 2 heterocycles. The Hall–Kier alpha value is -2.93. The molecule has 0 aliphatic heterocycles. The number of nitrogens with one attached hydrogen (secondary N) is 2. The number of para-hydroxylation sites is 1. The van der Waals surface area contributed by atoms with E-state index in [0.717, 1.165) is 10.9 Å². The summed E-state index contributed by atoms with van der Waals surface area (Å²) in [6.07, 6.45) is 1.72. The number of nitrogens with zero attached hydrogens (tertiary/aromatic N) is 2. The lowest BCUT2D eigenvalue weighted by Crippen LogP contribution is -2.01. The molecule has 2 aromatic heterocycles. The maximum Gasteiger partial charge on any atom is 0.209 e. The van der Waals surface area contributed by atoms with E-state index >= 15 is 0 Å². The minimum absolute atomic E-state index is 0.0142. The number of H-pyrrole nitrogens is 2. The van der Waals surface area contributed by atoms with Crippen molar-refractivity contribution in [1.29, 1.82) is 0 Å². The number of ketones is 1. The third kappa shape index (κ3) is 3.06. The molecule has 0 bridgehead atoms. The van der Waals surface area contributed by atoms with Crippen LogP contribution in [0.1, 0.15) is 10.4 Å². The molecule has 0 fully saturated rings. The highest BCUT2D eigenvalue weighted by Crippen LogP contribution is 2.24. The molecule has 0 aliphatic carbocycles. The van der Waals surface area contributed by atoms with Gasteiger partial charge in [0.2, 0.25) is 5.16 Å². The van der Waals surface area contributed by atoms with Crippen LogP contribution in [0.5, 0.6) is 0 Å². The van der Waals surface area contributed by atoms with Crippen molar-refractivity contribution in [3.63, 3.8) is 0 Å². The van der Waals surface area contributed by atoms with E-state index < -0.39 is 0 Å². The molecular formula is C18H13FN4OS. The van der Waals surface area contributed by atoms with E-state index in [1.807, 2.05) is 24.3 Å². The van der Waals surface area contributed by atoms with Gasteiger partial charge in [0.05, 0.1) is 11.3 Å². The van der Waals surface area contributed by atoms with Crippen molar-refractivity contribution in [1.82, 2.24) is 20.2 Å². The molecule has 7 heteroatoms. The number of fused-ring (bicyclic) bond motifs is 1. The van der Waals surface area contributed by atoms with Gasteiger partial charge in [-0.2, -0.15) is 0 Å². The van der Waals surface area contributed by atoms with Crippen molar-refractivity contribution in [3.8, 4) is 11.4 Å². The van der Waals surface area contributed by atoms with E-state index in [1.165, 1.54) is 17.8 Å². The first-order chi connectivity index (χ1) is 12.2. The van der Waals surface area contributed by atoms with Crippen LogP contribution in [0.25, 0.3) is 22.3 Å². The standard InChI is InChI=1S/C18H13FN4OS/c19-14-7-3-1-6-12(14)17-21-18(23-22-17)25-10-16(24)13-9-20-15-8-4-2-5-11(13)15/h1-9,20H,10H2,(H,21,22,23). The Labute approximate surface area is 146 Å². The van der Waals surface area contributed by atoms with Crippen molar-refractivity contribution in [2.24, 2.45) is 0 Å². The van der Waals surface area contributed by atoms with Crippen LogP contribution in [0.3, 0.4) is 0 Å². The lowest BCUT2D eigenvalue weighted by Gasteiger charge is -1.98. The van der Waals surface area contributed by atoms with Crippen LogP contribution in [0, 0.1) is 5.82 Å². The fourth-order valence-electron chi connectivity index (χ4n) is 2.59. The first-order valence-electron chi connectivity index (χ1n) is 7.62. The molecule has 4 rings (SSSR count). The Kier molecular flexibility index (Phi) is 4.07. The number of aromatic nitrogens is 4. The smallest absolute Gasteiger partial charge is 0.209 e. The Morgan fingerprint density at radius 1 is 1.12 bits per heavy atom. The zero-order valence-electron chi connectivity index (χ0n) is 13.0. The molecule has 2 N–H and O–H groups in total. The number of hydrogen-bond donors (Lipinski definition) is 2. The highest BCUT2D eigenvalue weighted by atomic mass is 32.2. The molecule has 0 spiro atoms. The van der Waals surface area contributed by atoms with Gasteiger partial charge in [-0.3, -0.25) is 9.89 Å². The number of Topliss-reactive ketones (excluding diaryl/α,β-unsaturated/α-hetero) is 1. The lowest BCUT2D eigenvalue weighted by atomic mass is 10.1. The second-order valence-electron chi connectivity index (χ2n) is 5.41. The minimum atomic E-state index is -0.370. The summed E-state index contributed by atoms with van der Waals surface area (Å²) in [6.45, 7) is 0. The third-order valence-electron chi connectivity index (χ3n) is 3.82. The van der Waals surface area contributed by atoms with Crippen molar-refractivity contribution < 1.29 is 9.18 Å². The number of carbonyl (C=O) groups is 1. The largest absolute Gasteiger partial charge is 0.360 e. The summed E-state index contributed by atoms with van der Waals surface area (Å²) in [5.74, 6) is 0.168. The summed E-state index contributed by atoms with van der Waals surface area (Å²) in [6, 6.07) is 14.0. The van der Waals surface area contributed by atoms with Gasteiger partial charge in [0.1, 0.15) is 5.82 Å². The molecule has 0 amide bonds. The molecule has 0 saturated carbocycles. The number of carbonyl (C=O) groups excluding carboxylic acids is 1. The number of hydrogen-bond acceptors (Lipinski definition) is 4. The molecule has 2 aromatic carbocycles. The van der Waals surface area contributed by atoms with Gasteiger partial charge in [-0.05, 0) is 18.2 Å². The molecule has 0 saturated heterocycles. The van der Waals surface area contributed by atoms with Gasteiger partial charge in [-0.1, -0.05) is 42.1 Å². The van der Waals surface area contributed by atoms with Crippen LogP contribution in [0.2, 0.25) is 0 Å². The van der Waals surface area contributed by atoms with Crippen molar-refractivity contribution in [3.05, 3.63) is 66.1 Å².